The minimum absolute atomic E-state index is 0.00827. The van der Waals surface area contributed by atoms with Gasteiger partial charge in [-0.3, -0.25) is 14.5 Å². The van der Waals surface area contributed by atoms with Crippen molar-refractivity contribution in [2.45, 2.75) is 25.9 Å². The highest BCUT2D eigenvalue weighted by atomic mass is 32.1. The van der Waals surface area contributed by atoms with E-state index in [0.29, 0.717) is 24.3 Å². The summed E-state index contributed by atoms with van der Waals surface area (Å²) in [6.45, 7) is 3.07. The summed E-state index contributed by atoms with van der Waals surface area (Å²) in [5.41, 5.74) is 3.31. The third-order valence-corrected chi connectivity index (χ3v) is 5.21. The van der Waals surface area contributed by atoms with Crippen LogP contribution >= 0.6 is 12.2 Å². The zero-order chi connectivity index (χ0) is 20.8. The minimum atomic E-state index is -0.00827. The Bertz CT molecular complexity index is 1010. The number of likely N-dealkylation sites (N-methyl/N-ethyl adjacent to an activating group) is 1. The predicted octanol–water partition coefficient (Wildman–Crippen LogP) is 3.73. The number of nitrogens with one attached hydrogen (secondary N) is 2. The number of aryl methyl sites for hydroxylation is 1. The molecule has 0 aliphatic carbocycles. The normalized spacial score (nSPS) is 12.1. The Balaban J connectivity index is 1.63. The van der Waals surface area contributed by atoms with E-state index in [0.717, 1.165) is 17.0 Å². The molecule has 152 valence electrons. The van der Waals surface area contributed by atoms with Crippen LogP contribution in [-0.4, -0.2) is 46.2 Å². The topological polar surface area (TPSA) is 66.0 Å². The molecular formula is C22H27N5OS. The molecule has 0 fully saturated rings. The lowest BCUT2D eigenvalue weighted by Crippen LogP contribution is -2.34. The molecule has 0 saturated carbocycles. The number of carbonyl (C=O) groups excluding carboxylic acids is 1. The van der Waals surface area contributed by atoms with Crippen molar-refractivity contribution in [1.82, 2.24) is 25.0 Å². The Labute approximate surface area is 176 Å². The lowest BCUT2D eigenvalue weighted by Gasteiger charge is -2.25. The third kappa shape index (κ3) is 5.40. The average molecular weight is 410 g/mol. The number of aromatic nitrogens is 3. The van der Waals surface area contributed by atoms with Crippen molar-refractivity contribution < 1.29 is 4.79 Å². The van der Waals surface area contributed by atoms with E-state index in [2.05, 4.69) is 38.6 Å². The molecule has 1 amide bonds. The first-order chi connectivity index (χ1) is 14.0. The van der Waals surface area contributed by atoms with Gasteiger partial charge in [-0.2, -0.15) is 5.10 Å². The smallest absolute Gasteiger partial charge is 0.221 e. The Morgan fingerprint density at radius 3 is 2.66 bits per heavy atom. The molecule has 2 aromatic carbocycles. The number of carbonyl (C=O) groups is 1. The Hall–Kier alpha value is -2.77. The molecular weight excluding hydrogens is 382 g/mol. The van der Waals surface area contributed by atoms with Gasteiger partial charge in [0.15, 0.2) is 10.6 Å². The molecule has 3 aromatic rings. The molecule has 0 aliphatic rings. The number of rotatable bonds is 8. The van der Waals surface area contributed by atoms with E-state index in [1.165, 1.54) is 5.56 Å². The van der Waals surface area contributed by atoms with Crippen molar-refractivity contribution in [3.63, 3.8) is 0 Å². The quantitative estimate of drug-likeness (QED) is 0.557. The average Bonchev–Trinajstić information content (AvgIpc) is 3.07. The first-order valence-electron chi connectivity index (χ1n) is 9.66. The van der Waals surface area contributed by atoms with Crippen LogP contribution in [0, 0.1) is 11.7 Å². The number of hydrogen-bond donors (Lipinski definition) is 2. The molecule has 1 heterocycles. The molecule has 1 aromatic heterocycles. The highest BCUT2D eigenvalue weighted by Gasteiger charge is 2.16. The maximum absolute atomic E-state index is 12.5. The molecule has 0 saturated heterocycles. The van der Waals surface area contributed by atoms with Gasteiger partial charge >= 0.3 is 0 Å². The monoisotopic (exact) mass is 409 g/mol. The number of nitrogens with zero attached hydrogens (tertiary/aromatic N) is 3. The summed E-state index contributed by atoms with van der Waals surface area (Å²) in [4.78, 5) is 14.6. The van der Waals surface area contributed by atoms with Crippen LogP contribution in [0.4, 0.5) is 0 Å². The number of H-pyrrole nitrogens is 1. The molecule has 0 radical (unpaired) electrons. The maximum atomic E-state index is 12.5. The van der Waals surface area contributed by atoms with E-state index >= 15 is 0 Å². The van der Waals surface area contributed by atoms with Crippen LogP contribution in [0.15, 0.2) is 54.6 Å². The van der Waals surface area contributed by atoms with E-state index in [1.54, 1.807) is 0 Å². The Morgan fingerprint density at radius 1 is 1.21 bits per heavy atom. The van der Waals surface area contributed by atoms with Crippen molar-refractivity contribution >= 4 is 18.1 Å². The largest absolute Gasteiger partial charge is 0.354 e. The van der Waals surface area contributed by atoms with Crippen LogP contribution in [0.3, 0.4) is 0 Å². The molecule has 1 atom stereocenters. The fourth-order valence-electron chi connectivity index (χ4n) is 3.32. The molecule has 3 rings (SSSR count). The maximum Gasteiger partial charge on any atom is 0.221 e. The highest BCUT2D eigenvalue weighted by molar-refractivity contribution is 7.71. The van der Waals surface area contributed by atoms with Crippen LogP contribution in [0.2, 0.25) is 0 Å². The van der Waals surface area contributed by atoms with E-state index in [9.17, 15) is 4.79 Å². The van der Waals surface area contributed by atoms with E-state index < -0.39 is 0 Å². The molecule has 29 heavy (non-hydrogen) atoms. The number of benzene rings is 2. The number of amides is 1. The molecule has 2 N–H and O–H groups in total. The van der Waals surface area contributed by atoms with Gasteiger partial charge < -0.3 is 10.2 Å². The molecule has 7 heteroatoms. The summed E-state index contributed by atoms with van der Waals surface area (Å²) >= 11 is 5.37. The zero-order valence-corrected chi connectivity index (χ0v) is 17.9. The predicted molar refractivity (Wildman–Crippen MR) is 118 cm³/mol. The SMILES string of the molecule is Cc1cccc(-c2n[nH]c(=S)n2CCC(=O)NCC(c2ccccc2)N(C)C)c1. The summed E-state index contributed by atoms with van der Waals surface area (Å²) in [5.74, 6) is 0.744. The summed E-state index contributed by atoms with van der Waals surface area (Å²) in [5, 5.41) is 10.2. The van der Waals surface area contributed by atoms with Gasteiger partial charge in [0.05, 0.1) is 6.04 Å². The van der Waals surface area contributed by atoms with Crippen LogP contribution in [0.1, 0.15) is 23.6 Å². The fourth-order valence-corrected chi connectivity index (χ4v) is 3.54. The second kappa shape index (κ2) is 9.62. The van der Waals surface area contributed by atoms with Crippen LogP contribution in [-0.2, 0) is 11.3 Å². The van der Waals surface area contributed by atoms with Crippen LogP contribution < -0.4 is 5.32 Å². The van der Waals surface area contributed by atoms with E-state index in [1.807, 2.05) is 62.0 Å². The zero-order valence-electron chi connectivity index (χ0n) is 17.1. The van der Waals surface area contributed by atoms with Gasteiger partial charge in [0, 0.05) is 25.1 Å². The standard InChI is InChI=1S/C22H27N5OS/c1-16-8-7-11-18(14-16)21-24-25-22(29)27(21)13-12-20(28)23-15-19(26(2)3)17-9-5-4-6-10-17/h4-11,14,19H,12-13,15H2,1-3H3,(H,23,28)(H,25,29). The van der Waals surface area contributed by atoms with Gasteiger partial charge in [0.25, 0.3) is 0 Å². The molecule has 6 nitrogen and oxygen atoms in total. The fraction of sp³-hybridized carbons (Fsp3) is 0.318. The lowest BCUT2D eigenvalue weighted by molar-refractivity contribution is -0.121. The Kier molecular flexibility index (Phi) is 6.95. The summed E-state index contributed by atoms with van der Waals surface area (Å²) in [7, 11) is 4.03. The summed E-state index contributed by atoms with van der Waals surface area (Å²) in [6.07, 6.45) is 0.335. The van der Waals surface area contributed by atoms with Gasteiger partial charge in [-0.25, -0.2) is 0 Å². The van der Waals surface area contributed by atoms with Crippen molar-refractivity contribution in [1.29, 1.82) is 0 Å². The van der Waals surface area contributed by atoms with Gasteiger partial charge in [-0.15, -0.1) is 0 Å². The molecule has 1 unspecified atom stereocenters. The Morgan fingerprint density at radius 2 is 1.97 bits per heavy atom. The molecule has 0 bridgehead atoms. The number of aromatic amines is 1. The van der Waals surface area contributed by atoms with Gasteiger partial charge in [0.1, 0.15) is 0 Å². The molecule has 0 aliphatic heterocycles. The summed E-state index contributed by atoms with van der Waals surface area (Å²) < 4.78 is 2.40. The van der Waals surface area contributed by atoms with Gasteiger partial charge in [-0.05, 0) is 44.9 Å². The number of hydrogen-bond acceptors (Lipinski definition) is 4. The first kappa shape index (κ1) is 21.0. The van der Waals surface area contributed by atoms with Gasteiger partial charge in [0.2, 0.25) is 5.91 Å². The van der Waals surface area contributed by atoms with Crippen molar-refractivity contribution in [3.05, 3.63) is 70.5 Å². The minimum Gasteiger partial charge on any atom is -0.354 e. The second-order valence-corrected chi connectivity index (χ2v) is 7.70. The highest BCUT2D eigenvalue weighted by Crippen LogP contribution is 2.19. The van der Waals surface area contributed by atoms with E-state index in [4.69, 9.17) is 12.2 Å². The van der Waals surface area contributed by atoms with E-state index in [-0.39, 0.29) is 11.9 Å². The van der Waals surface area contributed by atoms with Crippen molar-refractivity contribution in [2.24, 2.45) is 0 Å². The first-order valence-corrected chi connectivity index (χ1v) is 10.1. The molecule has 0 spiro atoms. The summed E-state index contributed by atoms with van der Waals surface area (Å²) in [6, 6.07) is 18.4. The third-order valence-electron chi connectivity index (χ3n) is 4.90. The second-order valence-electron chi connectivity index (χ2n) is 7.32. The van der Waals surface area contributed by atoms with Crippen molar-refractivity contribution in [3.8, 4) is 11.4 Å². The van der Waals surface area contributed by atoms with Crippen LogP contribution in [0.25, 0.3) is 11.4 Å². The van der Waals surface area contributed by atoms with Crippen LogP contribution in [0.5, 0.6) is 0 Å². The van der Waals surface area contributed by atoms with Gasteiger partial charge in [-0.1, -0.05) is 54.1 Å². The lowest BCUT2D eigenvalue weighted by atomic mass is 10.1. The van der Waals surface area contributed by atoms with Crippen molar-refractivity contribution in [2.75, 3.05) is 20.6 Å².